The summed E-state index contributed by atoms with van der Waals surface area (Å²) < 4.78 is 10.2. The highest BCUT2D eigenvalue weighted by Crippen LogP contribution is 2.17. The van der Waals surface area contributed by atoms with Crippen molar-refractivity contribution in [1.82, 2.24) is 15.2 Å². The molecule has 0 aliphatic heterocycles. The second-order valence-corrected chi connectivity index (χ2v) is 5.22. The minimum absolute atomic E-state index is 0.150. The molecule has 0 atom stereocenters. The largest absolute Gasteiger partial charge is 0.497 e. The fourth-order valence-electron chi connectivity index (χ4n) is 2.18. The fourth-order valence-corrected chi connectivity index (χ4v) is 2.18. The normalized spacial score (nSPS) is 10.7. The van der Waals surface area contributed by atoms with Crippen LogP contribution >= 0.6 is 0 Å². The molecule has 0 saturated carbocycles. The Balaban J connectivity index is 1.70. The molecule has 132 valence electrons. The van der Waals surface area contributed by atoms with Crippen LogP contribution in [0.4, 0.5) is 5.95 Å². The Morgan fingerprint density at radius 2 is 1.58 bits per heavy atom. The molecule has 2 aromatic carbocycles. The Morgan fingerprint density at radius 1 is 0.962 bits per heavy atom. The van der Waals surface area contributed by atoms with Crippen molar-refractivity contribution >= 4 is 12.2 Å². The van der Waals surface area contributed by atoms with Crippen molar-refractivity contribution in [2.75, 3.05) is 19.6 Å². The number of H-pyrrole nitrogens is 1. The van der Waals surface area contributed by atoms with Crippen molar-refractivity contribution in [1.29, 1.82) is 0 Å². The Morgan fingerprint density at radius 3 is 2.15 bits per heavy atom. The molecule has 1 heterocycles. The number of aromatic nitrogens is 3. The maximum Gasteiger partial charge on any atom is 0.279 e. The van der Waals surface area contributed by atoms with Crippen LogP contribution in [0.2, 0.25) is 0 Å². The van der Waals surface area contributed by atoms with E-state index in [0.717, 1.165) is 11.3 Å². The number of hydrazone groups is 1. The third kappa shape index (κ3) is 4.04. The van der Waals surface area contributed by atoms with Crippen LogP contribution in [0.5, 0.6) is 11.5 Å². The van der Waals surface area contributed by atoms with Crippen LogP contribution in [0.1, 0.15) is 5.56 Å². The van der Waals surface area contributed by atoms with E-state index in [1.165, 1.54) is 0 Å². The number of methoxy groups -OCH3 is 2. The molecule has 8 heteroatoms. The van der Waals surface area contributed by atoms with Crippen LogP contribution in [0.3, 0.4) is 0 Å². The molecule has 0 radical (unpaired) electrons. The molecular formula is C18H17N5O3. The van der Waals surface area contributed by atoms with E-state index in [1.807, 2.05) is 24.3 Å². The van der Waals surface area contributed by atoms with Gasteiger partial charge in [0.2, 0.25) is 5.95 Å². The van der Waals surface area contributed by atoms with Crippen LogP contribution in [-0.2, 0) is 0 Å². The standard InChI is InChI=1S/C18H17N5O3/c1-25-14-7-3-12(4-8-14)11-19-22-18-20-17(24)16(21-23-18)13-5-9-15(26-2)10-6-13/h3-11H,1-2H3,(H2,20,22,23,24)/b19-11+. The molecule has 0 bridgehead atoms. The number of ether oxygens (including phenoxy) is 2. The summed E-state index contributed by atoms with van der Waals surface area (Å²) in [5.41, 5.74) is 4.01. The highest BCUT2D eigenvalue weighted by atomic mass is 16.5. The van der Waals surface area contributed by atoms with E-state index in [4.69, 9.17) is 9.47 Å². The van der Waals surface area contributed by atoms with Crippen molar-refractivity contribution in [2.45, 2.75) is 0 Å². The molecule has 0 unspecified atom stereocenters. The Kier molecular flexibility index (Phi) is 5.23. The fraction of sp³-hybridized carbons (Fsp3) is 0.111. The molecule has 8 nitrogen and oxygen atoms in total. The van der Waals surface area contributed by atoms with Gasteiger partial charge in [-0.2, -0.15) is 5.10 Å². The predicted molar refractivity (Wildman–Crippen MR) is 98.9 cm³/mol. The summed E-state index contributed by atoms with van der Waals surface area (Å²) in [7, 11) is 3.18. The Hall–Kier alpha value is -3.68. The molecule has 26 heavy (non-hydrogen) atoms. The molecule has 3 rings (SSSR count). The second kappa shape index (κ2) is 7.93. The summed E-state index contributed by atoms with van der Waals surface area (Å²) in [6.45, 7) is 0. The molecule has 0 aliphatic carbocycles. The molecule has 1 aromatic heterocycles. The summed E-state index contributed by atoms with van der Waals surface area (Å²) in [5.74, 6) is 1.61. The number of nitrogens with zero attached hydrogens (tertiary/aromatic N) is 3. The molecule has 0 aliphatic rings. The average Bonchev–Trinajstić information content (AvgIpc) is 2.69. The number of aromatic amines is 1. The van der Waals surface area contributed by atoms with Crippen molar-refractivity contribution in [3.63, 3.8) is 0 Å². The first-order chi connectivity index (χ1) is 12.7. The summed E-state index contributed by atoms with van der Waals surface area (Å²) in [4.78, 5) is 14.8. The SMILES string of the molecule is COc1ccc(/C=N/Nc2nnc(-c3ccc(OC)cc3)c(=O)[nH]2)cc1. The van der Waals surface area contributed by atoms with Gasteiger partial charge in [0.05, 0.1) is 20.4 Å². The maximum absolute atomic E-state index is 12.2. The van der Waals surface area contributed by atoms with Crippen LogP contribution in [-0.4, -0.2) is 35.6 Å². The topological polar surface area (TPSA) is 101 Å². The lowest BCUT2D eigenvalue weighted by Crippen LogP contribution is -2.15. The lowest BCUT2D eigenvalue weighted by atomic mass is 10.1. The molecule has 0 amide bonds. The van der Waals surface area contributed by atoms with Gasteiger partial charge in [0, 0.05) is 5.56 Å². The second-order valence-electron chi connectivity index (χ2n) is 5.22. The molecule has 2 N–H and O–H groups in total. The molecular weight excluding hydrogens is 334 g/mol. The molecule has 3 aromatic rings. The first kappa shape index (κ1) is 17.2. The highest BCUT2D eigenvalue weighted by molar-refractivity contribution is 5.80. The number of hydrogen-bond donors (Lipinski definition) is 2. The first-order valence-corrected chi connectivity index (χ1v) is 7.74. The van der Waals surface area contributed by atoms with E-state index in [1.54, 1.807) is 44.7 Å². The zero-order chi connectivity index (χ0) is 18.4. The quantitative estimate of drug-likeness (QED) is 0.522. The van der Waals surface area contributed by atoms with Gasteiger partial charge in [-0.15, -0.1) is 10.2 Å². The van der Waals surface area contributed by atoms with E-state index < -0.39 is 0 Å². The van der Waals surface area contributed by atoms with Gasteiger partial charge in [-0.25, -0.2) is 5.43 Å². The molecule has 0 spiro atoms. The van der Waals surface area contributed by atoms with Gasteiger partial charge in [0.25, 0.3) is 5.56 Å². The molecule has 0 saturated heterocycles. The van der Waals surface area contributed by atoms with Gasteiger partial charge in [0.15, 0.2) is 5.69 Å². The van der Waals surface area contributed by atoms with Crippen LogP contribution in [0, 0.1) is 0 Å². The van der Waals surface area contributed by atoms with E-state index in [-0.39, 0.29) is 17.2 Å². The smallest absolute Gasteiger partial charge is 0.279 e. The predicted octanol–water partition coefficient (Wildman–Crippen LogP) is 2.30. The van der Waals surface area contributed by atoms with Gasteiger partial charge >= 0.3 is 0 Å². The van der Waals surface area contributed by atoms with E-state index in [0.29, 0.717) is 11.3 Å². The minimum atomic E-state index is -0.368. The summed E-state index contributed by atoms with van der Waals surface area (Å²) in [5, 5.41) is 11.9. The Labute approximate surface area is 149 Å². The monoisotopic (exact) mass is 351 g/mol. The number of nitrogens with one attached hydrogen (secondary N) is 2. The van der Waals surface area contributed by atoms with Gasteiger partial charge in [0.1, 0.15) is 11.5 Å². The van der Waals surface area contributed by atoms with Crippen molar-refractivity contribution in [2.24, 2.45) is 5.10 Å². The van der Waals surface area contributed by atoms with E-state index >= 15 is 0 Å². The van der Waals surface area contributed by atoms with Crippen molar-refractivity contribution < 1.29 is 9.47 Å². The number of benzene rings is 2. The summed E-state index contributed by atoms with van der Waals surface area (Å²) in [6.07, 6.45) is 1.59. The van der Waals surface area contributed by atoms with Gasteiger partial charge in [-0.1, -0.05) is 0 Å². The van der Waals surface area contributed by atoms with E-state index in [2.05, 4.69) is 25.7 Å². The van der Waals surface area contributed by atoms with Gasteiger partial charge in [-0.05, 0) is 54.1 Å². The maximum atomic E-state index is 12.2. The van der Waals surface area contributed by atoms with Crippen LogP contribution in [0.15, 0.2) is 58.4 Å². The third-order valence-corrected chi connectivity index (χ3v) is 3.56. The first-order valence-electron chi connectivity index (χ1n) is 7.74. The van der Waals surface area contributed by atoms with Crippen molar-refractivity contribution in [3.8, 4) is 22.8 Å². The number of hydrogen-bond acceptors (Lipinski definition) is 7. The van der Waals surface area contributed by atoms with E-state index in [9.17, 15) is 4.79 Å². The van der Waals surface area contributed by atoms with Crippen LogP contribution in [0.25, 0.3) is 11.3 Å². The Bertz CT molecular complexity index is 950. The highest BCUT2D eigenvalue weighted by Gasteiger charge is 2.07. The van der Waals surface area contributed by atoms with Gasteiger partial charge in [-0.3, -0.25) is 9.78 Å². The number of rotatable bonds is 6. The summed E-state index contributed by atoms with van der Waals surface area (Å²) >= 11 is 0. The lowest BCUT2D eigenvalue weighted by molar-refractivity contribution is 0.414. The third-order valence-electron chi connectivity index (χ3n) is 3.56. The number of anilines is 1. The molecule has 0 fully saturated rings. The zero-order valence-corrected chi connectivity index (χ0v) is 14.3. The average molecular weight is 351 g/mol. The van der Waals surface area contributed by atoms with Crippen LogP contribution < -0.4 is 20.5 Å². The zero-order valence-electron chi connectivity index (χ0n) is 14.3. The summed E-state index contributed by atoms with van der Waals surface area (Å²) in [6, 6.07) is 14.3. The van der Waals surface area contributed by atoms with Gasteiger partial charge < -0.3 is 9.47 Å². The lowest BCUT2D eigenvalue weighted by Gasteiger charge is -2.03. The minimum Gasteiger partial charge on any atom is -0.497 e. The van der Waals surface area contributed by atoms with Crippen molar-refractivity contribution in [3.05, 3.63) is 64.4 Å².